The Morgan fingerprint density at radius 2 is 1.72 bits per heavy atom. The molecule has 0 radical (unpaired) electrons. The van der Waals surface area contributed by atoms with Crippen LogP contribution in [-0.4, -0.2) is 68.3 Å². The molecule has 9 nitrogen and oxygen atoms in total. The molecule has 0 aliphatic carbocycles. The normalized spacial score (nSPS) is 14.3. The van der Waals surface area contributed by atoms with E-state index in [4.69, 9.17) is 9.72 Å². The molecule has 6 aromatic rings. The lowest BCUT2D eigenvalue weighted by Crippen LogP contribution is -2.44. The van der Waals surface area contributed by atoms with Crippen LogP contribution in [-0.2, 0) is 6.61 Å². The summed E-state index contributed by atoms with van der Waals surface area (Å²) >= 11 is 0. The van der Waals surface area contributed by atoms with Gasteiger partial charge in [0.05, 0.1) is 23.1 Å². The number of fused-ring (bicyclic) bond motifs is 2. The fraction of sp³-hybridized carbons (Fsp3) is 0.200. The first-order valence-electron chi connectivity index (χ1n) is 13.1. The molecule has 0 bridgehead atoms. The van der Waals surface area contributed by atoms with Crippen molar-refractivity contribution in [3.8, 4) is 28.3 Å². The van der Waals surface area contributed by atoms with Crippen LogP contribution in [0.1, 0.15) is 5.56 Å². The lowest BCUT2D eigenvalue weighted by Gasteiger charge is -2.33. The molecule has 6 heterocycles. The standard InChI is InChI=1S/C30H28N8O/c1-37-9-11-38(12-10-37)30-24-15-27(34-26(24)7-8-32-30)28-25-14-22(17-33-29(25)36-35-28)21-13-23(18-31-16-21)39-19-20-5-3-2-4-6-20/h2-8,13-18,34H,9-12,19H2,1H3,(H,33,35,36). The number of benzene rings is 1. The molecule has 39 heavy (non-hydrogen) atoms. The van der Waals surface area contributed by atoms with Gasteiger partial charge in [-0.2, -0.15) is 5.10 Å². The van der Waals surface area contributed by atoms with Crippen LogP contribution in [0.4, 0.5) is 5.82 Å². The van der Waals surface area contributed by atoms with Gasteiger partial charge in [-0.05, 0) is 36.9 Å². The Morgan fingerprint density at radius 1 is 0.872 bits per heavy atom. The Balaban J connectivity index is 1.20. The topological polar surface area (TPSA) is 98.8 Å². The molecule has 1 aliphatic heterocycles. The van der Waals surface area contributed by atoms with Crippen LogP contribution in [0.25, 0.3) is 44.5 Å². The van der Waals surface area contributed by atoms with E-state index < -0.39 is 0 Å². The first-order valence-corrected chi connectivity index (χ1v) is 13.1. The quantitative estimate of drug-likeness (QED) is 0.325. The zero-order valence-electron chi connectivity index (χ0n) is 21.6. The summed E-state index contributed by atoms with van der Waals surface area (Å²) in [6, 6.07) is 18.4. The van der Waals surface area contributed by atoms with Crippen molar-refractivity contribution < 1.29 is 4.74 Å². The molecular formula is C30H28N8O. The van der Waals surface area contributed by atoms with Crippen LogP contribution >= 0.6 is 0 Å². The Labute approximate surface area is 225 Å². The summed E-state index contributed by atoms with van der Waals surface area (Å²) in [7, 11) is 2.16. The molecule has 2 N–H and O–H groups in total. The van der Waals surface area contributed by atoms with Gasteiger partial charge in [-0.25, -0.2) is 9.97 Å². The molecule has 0 saturated carbocycles. The molecule has 1 fully saturated rings. The summed E-state index contributed by atoms with van der Waals surface area (Å²) in [4.78, 5) is 22.1. The summed E-state index contributed by atoms with van der Waals surface area (Å²) in [6.45, 7) is 4.47. The molecule has 0 unspecified atom stereocenters. The highest BCUT2D eigenvalue weighted by Crippen LogP contribution is 2.34. The number of aromatic nitrogens is 6. The SMILES string of the molecule is CN1CCN(c2nccc3[nH]c(-c4[nH]nc5ncc(-c6cncc(OCc7ccccc7)c6)cc45)cc23)CC1. The van der Waals surface area contributed by atoms with Gasteiger partial charge in [-0.1, -0.05) is 30.3 Å². The van der Waals surface area contributed by atoms with Crippen molar-refractivity contribution in [3.63, 3.8) is 0 Å². The molecule has 7 rings (SSSR count). The van der Waals surface area contributed by atoms with Crippen molar-refractivity contribution in [3.05, 3.63) is 84.9 Å². The van der Waals surface area contributed by atoms with Crippen molar-refractivity contribution in [2.75, 3.05) is 38.1 Å². The van der Waals surface area contributed by atoms with Gasteiger partial charge >= 0.3 is 0 Å². The van der Waals surface area contributed by atoms with Gasteiger partial charge in [0, 0.05) is 66.7 Å². The smallest absolute Gasteiger partial charge is 0.181 e. The van der Waals surface area contributed by atoms with Crippen LogP contribution in [0.5, 0.6) is 5.75 Å². The maximum Gasteiger partial charge on any atom is 0.181 e. The monoisotopic (exact) mass is 516 g/mol. The number of aromatic amines is 2. The number of pyridine rings is 3. The van der Waals surface area contributed by atoms with E-state index in [1.165, 1.54) is 0 Å². The van der Waals surface area contributed by atoms with E-state index in [1.807, 2.05) is 61.1 Å². The first kappa shape index (κ1) is 23.4. The number of anilines is 1. The van der Waals surface area contributed by atoms with Gasteiger partial charge < -0.3 is 19.5 Å². The average Bonchev–Trinajstić information content (AvgIpc) is 3.61. The van der Waals surface area contributed by atoms with Gasteiger partial charge in [0.25, 0.3) is 0 Å². The second-order valence-corrected chi connectivity index (χ2v) is 9.95. The highest BCUT2D eigenvalue weighted by Gasteiger charge is 2.20. The number of H-pyrrole nitrogens is 2. The predicted octanol–water partition coefficient (Wildman–Crippen LogP) is 4.89. The van der Waals surface area contributed by atoms with E-state index >= 15 is 0 Å². The van der Waals surface area contributed by atoms with E-state index in [0.29, 0.717) is 18.0 Å². The lowest BCUT2D eigenvalue weighted by atomic mass is 10.1. The first-order chi connectivity index (χ1) is 19.2. The Bertz CT molecular complexity index is 1750. The predicted molar refractivity (Wildman–Crippen MR) is 153 cm³/mol. The number of ether oxygens (including phenoxy) is 1. The van der Waals surface area contributed by atoms with Crippen LogP contribution in [0.15, 0.2) is 79.4 Å². The minimum atomic E-state index is 0.487. The largest absolute Gasteiger partial charge is 0.487 e. The van der Waals surface area contributed by atoms with Gasteiger partial charge in [0.2, 0.25) is 0 Å². The second-order valence-electron chi connectivity index (χ2n) is 9.95. The minimum Gasteiger partial charge on any atom is -0.487 e. The number of piperazine rings is 1. The van der Waals surface area contributed by atoms with Crippen molar-refractivity contribution in [1.29, 1.82) is 0 Å². The van der Waals surface area contributed by atoms with Crippen LogP contribution in [0.2, 0.25) is 0 Å². The van der Waals surface area contributed by atoms with E-state index in [-0.39, 0.29) is 0 Å². The molecule has 194 valence electrons. The van der Waals surface area contributed by atoms with Gasteiger partial charge in [-0.3, -0.25) is 10.1 Å². The van der Waals surface area contributed by atoms with Crippen molar-refractivity contribution in [2.45, 2.75) is 6.61 Å². The maximum atomic E-state index is 6.00. The molecule has 0 atom stereocenters. The molecule has 1 aliphatic rings. The summed E-state index contributed by atoms with van der Waals surface area (Å²) < 4.78 is 6.00. The number of hydrogen-bond acceptors (Lipinski definition) is 7. The Kier molecular flexibility index (Phi) is 5.90. The van der Waals surface area contributed by atoms with Crippen molar-refractivity contribution in [2.24, 2.45) is 0 Å². The molecular weight excluding hydrogens is 488 g/mol. The minimum absolute atomic E-state index is 0.487. The van der Waals surface area contributed by atoms with Crippen LogP contribution in [0.3, 0.4) is 0 Å². The Hall–Kier alpha value is -4.76. The molecule has 0 spiro atoms. The zero-order valence-corrected chi connectivity index (χ0v) is 21.6. The summed E-state index contributed by atoms with van der Waals surface area (Å²) in [5.74, 6) is 1.73. The maximum absolute atomic E-state index is 6.00. The fourth-order valence-corrected chi connectivity index (χ4v) is 5.10. The third-order valence-corrected chi connectivity index (χ3v) is 7.30. The highest BCUT2D eigenvalue weighted by molar-refractivity contribution is 5.99. The van der Waals surface area contributed by atoms with E-state index in [0.717, 1.165) is 76.4 Å². The zero-order chi connectivity index (χ0) is 26.2. The van der Waals surface area contributed by atoms with Gasteiger partial charge in [0.15, 0.2) is 5.65 Å². The number of hydrogen-bond donors (Lipinski definition) is 2. The van der Waals surface area contributed by atoms with E-state index in [9.17, 15) is 0 Å². The van der Waals surface area contributed by atoms with Gasteiger partial charge in [0.1, 0.15) is 18.2 Å². The van der Waals surface area contributed by atoms with Crippen molar-refractivity contribution >= 4 is 27.8 Å². The van der Waals surface area contributed by atoms with Crippen LogP contribution < -0.4 is 9.64 Å². The number of nitrogens with zero attached hydrogens (tertiary/aromatic N) is 6. The molecule has 1 saturated heterocycles. The number of rotatable bonds is 6. The second kappa shape index (κ2) is 9.85. The van der Waals surface area contributed by atoms with Gasteiger partial charge in [-0.15, -0.1) is 0 Å². The Morgan fingerprint density at radius 3 is 2.59 bits per heavy atom. The third-order valence-electron chi connectivity index (χ3n) is 7.30. The molecule has 9 heteroatoms. The van der Waals surface area contributed by atoms with E-state index in [2.05, 4.69) is 54.1 Å². The fourth-order valence-electron chi connectivity index (χ4n) is 5.10. The molecule has 1 aromatic carbocycles. The van der Waals surface area contributed by atoms with E-state index in [1.54, 1.807) is 6.20 Å². The summed E-state index contributed by atoms with van der Waals surface area (Å²) in [5.41, 5.74) is 6.54. The summed E-state index contributed by atoms with van der Waals surface area (Å²) in [5, 5.41) is 9.71. The lowest BCUT2D eigenvalue weighted by molar-refractivity contribution is 0.305. The number of nitrogens with one attached hydrogen (secondary N) is 2. The average molecular weight is 517 g/mol. The third kappa shape index (κ3) is 4.57. The van der Waals surface area contributed by atoms with Crippen molar-refractivity contribution in [1.82, 2.24) is 35.0 Å². The highest BCUT2D eigenvalue weighted by atomic mass is 16.5. The summed E-state index contributed by atoms with van der Waals surface area (Å²) in [6.07, 6.45) is 7.26. The number of likely N-dealkylation sites (N-methyl/N-ethyl adjacent to an activating group) is 1. The molecule has 5 aromatic heterocycles. The van der Waals surface area contributed by atoms with Crippen LogP contribution in [0, 0.1) is 0 Å². The molecule has 0 amide bonds.